The molecule has 0 bridgehead atoms. The Morgan fingerprint density at radius 3 is 2.96 bits per heavy atom. The first kappa shape index (κ1) is 17.7. The molecule has 0 radical (unpaired) electrons. The van der Waals surface area contributed by atoms with Crippen molar-refractivity contribution in [3.63, 3.8) is 0 Å². The van der Waals surface area contributed by atoms with Crippen molar-refractivity contribution in [1.82, 2.24) is 14.7 Å². The minimum atomic E-state index is 0. The van der Waals surface area contributed by atoms with Crippen LogP contribution in [0.3, 0.4) is 0 Å². The summed E-state index contributed by atoms with van der Waals surface area (Å²) in [4.78, 5) is 10.2. The number of rotatable bonds is 5. The van der Waals surface area contributed by atoms with E-state index in [1.54, 1.807) is 11.3 Å². The number of imidazole rings is 1. The first-order chi connectivity index (χ1) is 10.7. The molecule has 5 nitrogen and oxygen atoms in total. The predicted molar refractivity (Wildman–Crippen MR) is 107 cm³/mol. The molecule has 0 saturated heterocycles. The highest BCUT2D eigenvalue weighted by Crippen LogP contribution is 2.09. The van der Waals surface area contributed by atoms with Gasteiger partial charge in [-0.05, 0) is 36.9 Å². The van der Waals surface area contributed by atoms with E-state index >= 15 is 0 Å². The van der Waals surface area contributed by atoms with Crippen molar-refractivity contribution < 1.29 is 0 Å². The van der Waals surface area contributed by atoms with Gasteiger partial charge in [0.15, 0.2) is 5.96 Å². The fourth-order valence-electron chi connectivity index (χ4n) is 2.27. The number of aliphatic imine (C=N–C) groups is 1. The summed E-state index contributed by atoms with van der Waals surface area (Å²) in [6.45, 7) is 3.33. The van der Waals surface area contributed by atoms with Crippen LogP contribution in [0.4, 0.5) is 0 Å². The molecule has 0 amide bonds. The molecule has 0 fully saturated rings. The molecule has 3 aromatic rings. The van der Waals surface area contributed by atoms with Crippen molar-refractivity contribution in [2.45, 2.75) is 19.9 Å². The summed E-state index contributed by atoms with van der Waals surface area (Å²) in [5.41, 5.74) is 8.90. The normalized spacial score (nSPS) is 11.4. The standard InChI is InChI=1S/C16H19N5S.HI/c1-12-4-2-6-15-20-13(11-21(12)15)10-19-16(17)18-8-7-14-5-3-9-22-14;/h2-6,9,11H,7-8,10H2,1H3,(H3,17,18,19);1H. The largest absolute Gasteiger partial charge is 0.370 e. The Kier molecular flexibility index (Phi) is 6.40. The van der Waals surface area contributed by atoms with Crippen molar-refractivity contribution in [2.24, 2.45) is 10.7 Å². The Bertz CT molecular complexity index is 779. The molecule has 0 aromatic carbocycles. The van der Waals surface area contributed by atoms with Gasteiger partial charge in [-0.25, -0.2) is 9.98 Å². The SMILES string of the molecule is Cc1cccc2nc(CN=C(N)NCCc3cccs3)cn12.I. The van der Waals surface area contributed by atoms with E-state index in [4.69, 9.17) is 5.73 Å². The maximum atomic E-state index is 5.89. The Labute approximate surface area is 156 Å². The average Bonchev–Trinajstić information content (AvgIpc) is 3.15. The number of hydrogen-bond donors (Lipinski definition) is 2. The highest BCUT2D eigenvalue weighted by Gasteiger charge is 2.02. The number of fused-ring (bicyclic) bond motifs is 1. The van der Waals surface area contributed by atoms with Crippen LogP contribution in [-0.2, 0) is 13.0 Å². The number of aromatic nitrogens is 2. The number of halogens is 1. The molecule has 0 aliphatic rings. The van der Waals surface area contributed by atoms with Crippen LogP contribution in [0.2, 0.25) is 0 Å². The van der Waals surface area contributed by atoms with E-state index in [1.807, 2.05) is 18.3 Å². The number of hydrogen-bond acceptors (Lipinski definition) is 3. The maximum absolute atomic E-state index is 5.89. The zero-order valence-electron chi connectivity index (χ0n) is 12.9. The van der Waals surface area contributed by atoms with Crippen molar-refractivity contribution in [3.05, 3.63) is 58.2 Å². The average molecular weight is 441 g/mol. The molecule has 3 rings (SSSR count). The lowest BCUT2D eigenvalue weighted by Gasteiger charge is -2.03. The first-order valence-corrected chi connectivity index (χ1v) is 8.10. The highest BCUT2D eigenvalue weighted by atomic mass is 127. The number of nitrogens with one attached hydrogen (secondary N) is 1. The summed E-state index contributed by atoms with van der Waals surface area (Å²) >= 11 is 1.76. The third-order valence-corrected chi connectivity index (χ3v) is 4.35. The van der Waals surface area contributed by atoms with Crippen molar-refractivity contribution >= 4 is 46.9 Å². The molecule has 0 atom stereocenters. The Balaban J connectivity index is 0.00000192. The van der Waals surface area contributed by atoms with Crippen LogP contribution in [0.15, 0.2) is 46.9 Å². The molecular formula is C16H20IN5S. The van der Waals surface area contributed by atoms with Gasteiger partial charge in [0.2, 0.25) is 0 Å². The van der Waals surface area contributed by atoms with Gasteiger partial charge in [-0.1, -0.05) is 12.1 Å². The number of aryl methyl sites for hydroxylation is 1. The van der Waals surface area contributed by atoms with Crippen LogP contribution in [0.1, 0.15) is 16.3 Å². The second-order valence-corrected chi connectivity index (χ2v) is 6.12. The van der Waals surface area contributed by atoms with Gasteiger partial charge in [0.25, 0.3) is 0 Å². The van der Waals surface area contributed by atoms with Crippen LogP contribution in [-0.4, -0.2) is 21.9 Å². The molecule has 23 heavy (non-hydrogen) atoms. The van der Waals surface area contributed by atoms with Gasteiger partial charge in [-0.15, -0.1) is 35.3 Å². The van der Waals surface area contributed by atoms with Gasteiger partial charge in [0.1, 0.15) is 5.65 Å². The van der Waals surface area contributed by atoms with Crippen LogP contribution in [0.5, 0.6) is 0 Å². The fourth-order valence-corrected chi connectivity index (χ4v) is 2.97. The molecule has 3 aromatic heterocycles. The van der Waals surface area contributed by atoms with E-state index in [9.17, 15) is 0 Å². The molecule has 3 heterocycles. The quantitative estimate of drug-likeness (QED) is 0.364. The molecule has 3 N–H and O–H groups in total. The first-order valence-electron chi connectivity index (χ1n) is 7.22. The van der Waals surface area contributed by atoms with E-state index in [1.165, 1.54) is 4.88 Å². The third-order valence-electron chi connectivity index (χ3n) is 3.41. The summed E-state index contributed by atoms with van der Waals surface area (Å²) in [5, 5.41) is 5.22. The van der Waals surface area contributed by atoms with Gasteiger partial charge in [-0.2, -0.15) is 0 Å². The van der Waals surface area contributed by atoms with Crippen LogP contribution in [0, 0.1) is 6.92 Å². The summed E-state index contributed by atoms with van der Waals surface area (Å²) < 4.78 is 2.06. The number of pyridine rings is 1. The topological polar surface area (TPSA) is 67.7 Å². The van der Waals surface area contributed by atoms with E-state index in [0.29, 0.717) is 12.5 Å². The van der Waals surface area contributed by atoms with Crippen molar-refractivity contribution in [3.8, 4) is 0 Å². The maximum Gasteiger partial charge on any atom is 0.188 e. The molecule has 0 unspecified atom stereocenters. The molecule has 7 heteroatoms. The minimum absolute atomic E-state index is 0. The number of guanidine groups is 1. The van der Waals surface area contributed by atoms with E-state index in [0.717, 1.165) is 30.0 Å². The van der Waals surface area contributed by atoms with E-state index < -0.39 is 0 Å². The summed E-state index contributed by atoms with van der Waals surface area (Å²) in [7, 11) is 0. The minimum Gasteiger partial charge on any atom is -0.370 e. The van der Waals surface area contributed by atoms with Crippen molar-refractivity contribution in [1.29, 1.82) is 0 Å². The van der Waals surface area contributed by atoms with Crippen LogP contribution < -0.4 is 11.1 Å². The summed E-state index contributed by atoms with van der Waals surface area (Å²) in [6, 6.07) is 10.2. The lowest BCUT2D eigenvalue weighted by Crippen LogP contribution is -2.33. The summed E-state index contributed by atoms with van der Waals surface area (Å²) in [5.74, 6) is 0.463. The summed E-state index contributed by atoms with van der Waals surface area (Å²) in [6.07, 6.45) is 2.97. The van der Waals surface area contributed by atoms with Crippen LogP contribution in [0.25, 0.3) is 5.65 Å². The van der Waals surface area contributed by atoms with Gasteiger partial charge in [0.05, 0.1) is 12.2 Å². The molecular weight excluding hydrogens is 421 g/mol. The van der Waals surface area contributed by atoms with Gasteiger partial charge >= 0.3 is 0 Å². The monoisotopic (exact) mass is 441 g/mol. The smallest absolute Gasteiger partial charge is 0.188 e. The Morgan fingerprint density at radius 1 is 1.35 bits per heavy atom. The third kappa shape index (κ3) is 4.68. The Hall–Kier alpha value is -1.61. The Morgan fingerprint density at radius 2 is 2.22 bits per heavy atom. The predicted octanol–water partition coefficient (Wildman–Crippen LogP) is 2.97. The van der Waals surface area contributed by atoms with Crippen molar-refractivity contribution in [2.75, 3.05) is 6.54 Å². The number of thiophene rings is 1. The fraction of sp³-hybridized carbons (Fsp3) is 0.250. The second-order valence-electron chi connectivity index (χ2n) is 5.09. The molecule has 0 spiro atoms. The molecule has 122 valence electrons. The second kappa shape index (κ2) is 8.30. The zero-order chi connectivity index (χ0) is 15.4. The van der Waals surface area contributed by atoms with E-state index in [-0.39, 0.29) is 24.0 Å². The lowest BCUT2D eigenvalue weighted by molar-refractivity contribution is 0.854. The molecule has 0 aliphatic carbocycles. The zero-order valence-corrected chi connectivity index (χ0v) is 16.0. The number of nitrogens with two attached hydrogens (primary N) is 1. The molecule has 0 saturated carbocycles. The van der Waals surface area contributed by atoms with Gasteiger partial charge in [0, 0.05) is 23.3 Å². The lowest BCUT2D eigenvalue weighted by atomic mass is 10.3. The highest BCUT2D eigenvalue weighted by molar-refractivity contribution is 14.0. The van der Waals surface area contributed by atoms with Gasteiger partial charge in [-0.3, -0.25) is 0 Å². The van der Waals surface area contributed by atoms with E-state index in [2.05, 4.69) is 50.2 Å². The molecule has 0 aliphatic heterocycles. The number of nitrogens with zero attached hydrogens (tertiary/aromatic N) is 3. The van der Waals surface area contributed by atoms with Crippen LogP contribution >= 0.6 is 35.3 Å². The van der Waals surface area contributed by atoms with Gasteiger partial charge < -0.3 is 15.5 Å².